The number of anilines is 1. The summed E-state index contributed by atoms with van der Waals surface area (Å²) in [5.74, 6) is 0.498. The fraction of sp³-hybridized carbons (Fsp3) is 0.250. The quantitative estimate of drug-likeness (QED) is 0.831. The first-order chi connectivity index (χ1) is 11.7. The number of carboxylic acids is 1. The lowest BCUT2D eigenvalue weighted by molar-refractivity contribution is 0.0694. The Morgan fingerprint density at radius 1 is 1.17 bits per heavy atom. The number of ether oxygens (including phenoxy) is 1. The molecular formula is C20H19NO3. The molecule has 0 saturated heterocycles. The van der Waals surface area contributed by atoms with Gasteiger partial charge in [-0.3, -0.25) is 0 Å². The van der Waals surface area contributed by atoms with Crippen LogP contribution in [0.3, 0.4) is 0 Å². The first kappa shape index (κ1) is 14.8. The zero-order chi connectivity index (χ0) is 16.7. The highest BCUT2D eigenvalue weighted by atomic mass is 16.5. The smallest absolute Gasteiger partial charge is 0.336 e. The van der Waals surface area contributed by atoms with Gasteiger partial charge >= 0.3 is 5.97 Å². The number of rotatable bonds is 3. The van der Waals surface area contributed by atoms with Crippen molar-refractivity contribution in [3.8, 4) is 5.75 Å². The topological polar surface area (TPSA) is 58.6 Å². The van der Waals surface area contributed by atoms with Gasteiger partial charge in [0.25, 0.3) is 0 Å². The molecular weight excluding hydrogens is 302 g/mol. The Kier molecular flexibility index (Phi) is 3.53. The summed E-state index contributed by atoms with van der Waals surface area (Å²) in [5.41, 5.74) is 3.38. The van der Waals surface area contributed by atoms with E-state index in [9.17, 15) is 9.90 Å². The molecule has 0 saturated carbocycles. The molecule has 1 aliphatic heterocycles. The molecule has 0 aromatic heterocycles. The molecule has 3 atom stereocenters. The van der Waals surface area contributed by atoms with Crippen LogP contribution in [0.25, 0.3) is 0 Å². The minimum absolute atomic E-state index is 0.0545. The number of carbonyl (C=O) groups is 1. The lowest BCUT2D eigenvalue weighted by Crippen LogP contribution is -2.30. The van der Waals surface area contributed by atoms with E-state index in [0.717, 1.165) is 23.4 Å². The second kappa shape index (κ2) is 5.71. The van der Waals surface area contributed by atoms with Crippen molar-refractivity contribution in [2.75, 3.05) is 12.4 Å². The monoisotopic (exact) mass is 321 g/mol. The van der Waals surface area contributed by atoms with Crippen LogP contribution >= 0.6 is 0 Å². The van der Waals surface area contributed by atoms with Gasteiger partial charge in [-0.1, -0.05) is 42.5 Å². The van der Waals surface area contributed by atoms with Crippen LogP contribution in [0.5, 0.6) is 5.75 Å². The summed E-state index contributed by atoms with van der Waals surface area (Å²) in [6, 6.07) is 13.3. The first-order valence-corrected chi connectivity index (χ1v) is 8.13. The third kappa shape index (κ3) is 2.18. The molecule has 0 bridgehead atoms. The largest absolute Gasteiger partial charge is 0.495 e. The summed E-state index contributed by atoms with van der Waals surface area (Å²) >= 11 is 0. The van der Waals surface area contributed by atoms with E-state index in [2.05, 4.69) is 23.5 Å². The van der Waals surface area contributed by atoms with Crippen LogP contribution in [0.4, 0.5) is 5.69 Å². The highest BCUT2D eigenvalue weighted by molar-refractivity contribution is 5.90. The average molecular weight is 321 g/mol. The first-order valence-electron chi connectivity index (χ1n) is 8.13. The lowest BCUT2D eigenvalue weighted by atomic mass is 9.76. The van der Waals surface area contributed by atoms with Crippen LogP contribution in [0, 0.1) is 5.92 Å². The Bertz CT molecular complexity index is 827. The van der Waals surface area contributed by atoms with Crippen molar-refractivity contribution in [2.24, 2.45) is 5.92 Å². The summed E-state index contributed by atoms with van der Waals surface area (Å²) in [4.78, 5) is 11.7. The van der Waals surface area contributed by atoms with E-state index in [0.29, 0.717) is 11.5 Å². The number of hydrogen-bond donors (Lipinski definition) is 2. The summed E-state index contributed by atoms with van der Waals surface area (Å²) in [5, 5.41) is 13.1. The van der Waals surface area contributed by atoms with Crippen LogP contribution in [0.2, 0.25) is 0 Å². The molecule has 0 fully saturated rings. The highest BCUT2D eigenvalue weighted by Gasteiger charge is 2.40. The molecule has 0 unspecified atom stereocenters. The fourth-order valence-corrected chi connectivity index (χ4v) is 4.03. The zero-order valence-electron chi connectivity index (χ0n) is 13.4. The second-order valence-corrected chi connectivity index (χ2v) is 6.29. The number of benzene rings is 2. The number of allylic oxidation sites excluding steroid dienone is 2. The maximum absolute atomic E-state index is 11.7. The predicted octanol–water partition coefficient (Wildman–Crippen LogP) is 4.22. The summed E-state index contributed by atoms with van der Waals surface area (Å²) in [7, 11) is 1.66. The predicted molar refractivity (Wildman–Crippen MR) is 92.7 cm³/mol. The number of nitrogens with one attached hydrogen (secondary N) is 1. The number of aromatic carboxylic acids is 1. The van der Waals surface area contributed by atoms with E-state index in [1.165, 1.54) is 5.56 Å². The van der Waals surface area contributed by atoms with E-state index in [1.807, 2.05) is 24.3 Å². The van der Waals surface area contributed by atoms with Crippen molar-refractivity contribution in [3.05, 3.63) is 71.3 Å². The van der Waals surface area contributed by atoms with Gasteiger partial charge in [0.1, 0.15) is 5.75 Å². The Morgan fingerprint density at radius 3 is 2.75 bits per heavy atom. The van der Waals surface area contributed by atoms with Gasteiger partial charge < -0.3 is 15.2 Å². The lowest BCUT2D eigenvalue weighted by Gasteiger charge is -2.38. The summed E-state index contributed by atoms with van der Waals surface area (Å²) < 4.78 is 5.52. The SMILES string of the molecule is COc1cccc2c1N[C@H](c1ccccc1C(=O)O)[C@@H]1CC=C[C@H]21. The summed E-state index contributed by atoms with van der Waals surface area (Å²) in [6.45, 7) is 0. The van der Waals surface area contributed by atoms with Gasteiger partial charge in [0.15, 0.2) is 0 Å². The molecule has 2 aliphatic rings. The van der Waals surface area contributed by atoms with Crippen LogP contribution in [-0.4, -0.2) is 18.2 Å². The minimum Gasteiger partial charge on any atom is -0.495 e. The molecule has 1 aliphatic carbocycles. The van der Waals surface area contributed by atoms with Gasteiger partial charge in [-0.25, -0.2) is 4.79 Å². The molecule has 0 spiro atoms. The third-order valence-corrected chi connectivity index (χ3v) is 5.10. The van der Waals surface area contributed by atoms with Gasteiger partial charge in [0.2, 0.25) is 0 Å². The van der Waals surface area contributed by atoms with Crippen molar-refractivity contribution >= 4 is 11.7 Å². The number of fused-ring (bicyclic) bond motifs is 3. The normalized spacial score (nSPS) is 24.0. The van der Waals surface area contributed by atoms with Crippen molar-refractivity contribution in [1.29, 1.82) is 0 Å². The second-order valence-electron chi connectivity index (χ2n) is 6.29. The number of carboxylic acid groups (broad SMARTS) is 1. The summed E-state index contributed by atoms with van der Waals surface area (Å²) in [6.07, 6.45) is 5.37. The van der Waals surface area contributed by atoms with E-state index in [4.69, 9.17) is 4.74 Å². The standard InChI is InChI=1S/C20H19NO3/c1-24-17-11-5-10-14-12-8-4-9-13(12)18(21-19(14)17)15-6-2-3-7-16(15)20(22)23/h2-8,10-13,18,21H,9H2,1H3,(H,22,23)/t12-,13+,18-/m0/s1. The molecule has 2 aromatic rings. The van der Waals surface area contributed by atoms with E-state index in [1.54, 1.807) is 19.2 Å². The Balaban J connectivity index is 1.86. The van der Waals surface area contributed by atoms with Crippen LogP contribution in [-0.2, 0) is 0 Å². The van der Waals surface area contributed by atoms with Gasteiger partial charge in [-0.2, -0.15) is 0 Å². The number of methoxy groups -OCH3 is 1. The molecule has 4 rings (SSSR count). The molecule has 2 N–H and O–H groups in total. The van der Waals surface area contributed by atoms with Crippen LogP contribution in [0.15, 0.2) is 54.6 Å². The van der Waals surface area contributed by atoms with Gasteiger partial charge in [-0.05, 0) is 35.6 Å². The van der Waals surface area contributed by atoms with Gasteiger partial charge in [-0.15, -0.1) is 0 Å². The number of hydrogen-bond acceptors (Lipinski definition) is 3. The van der Waals surface area contributed by atoms with Crippen molar-refractivity contribution < 1.29 is 14.6 Å². The Labute approximate surface area is 140 Å². The Morgan fingerprint density at radius 2 is 1.96 bits per heavy atom. The third-order valence-electron chi connectivity index (χ3n) is 5.10. The molecule has 0 radical (unpaired) electrons. The molecule has 0 amide bonds. The highest BCUT2D eigenvalue weighted by Crippen LogP contribution is 2.52. The molecule has 4 heteroatoms. The van der Waals surface area contributed by atoms with Crippen molar-refractivity contribution in [2.45, 2.75) is 18.4 Å². The number of para-hydroxylation sites is 1. The maximum atomic E-state index is 11.7. The van der Waals surface area contributed by atoms with E-state index < -0.39 is 5.97 Å². The van der Waals surface area contributed by atoms with Crippen molar-refractivity contribution in [3.63, 3.8) is 0 Å². The molecule has 24 heavy (non-hydrogen) atoms. The molecule has 2 aromatic carbocycles. The molecule has 122 valence electrons. The Hall–Kier alpha value is -2.75. The molecule has 1 heterocycles. The van der Waals surface area contributed by atoms with Crippen LogP contribution < -0.4 is 10.1 Å². The maximum Gasteiger partial charge on any atom is 0.336 e. The van der Waals surface area contributed by atoms with E-state index in [-0.39, 0.29) is 12.0 Å². The van der Waals surface area contributed by atoms with Crippen LogP contribution in [0.1, 0.15) is 39.9 Å². The van der Waals surface area contributed by atoms with Gasteiger partial charge in [0.05, 0.1) is 24.4 Å². The van der Waals surface area contributed by atoms with E-state index >= 15 is 0 Å². The average Bonchev–Trinajstić information content (AvgIpc) is 3.10. The molecule has 4 nitrogen and oxygen atoms in total. The van der Waals surface area contributed by atoms with Gasteiger partial charge in [0, 0.05) is 5.92 Å². The zero-order valence-corrected chi connectivity index (χ0v) is 13.4. The minimum atomic E-state index is -0.888. The van der Waals surface area contributed by atoms with Crippen molar-refractivity contribution in [1.82, 2.24) is 0 Å². The fourth-order valence-electron chi connectivity index (χ4n) is 4.03.